The van der Waals surface area contributed by atoms with Gasteiger partial charge < -0.3 is 10.1 Å². The van der Waals surface area contributed by atoms with Crippen LogP contribution < -0.4 is 5.32 Å². The summed E-state index contributed by atoms with van der Waals surface area (Å²) in [5.74, 6) is 0.656. The van der Waals surface area contributed by atoms with Gasteiger partial charge in [0.1, 0.15) is 0 Å². The minimum absolute atomic E-state index is 0.656. The lowest BCUT2D eigenvalue weighted by atomic mass is 10.3. The van der Waals surface area contributed by atoms with E-state index in [1.807, 2.05) is 0 Å². The second-order valence-corrected chi connectivity index (χ2v) is 1.91. The van der Waals surface area contributed by atoms with Crippen LogP contribution in [-0.4, -0.2) is 13.7 Å². The van der Waals surface area contributed by atoms with Crippen molar-refractivity contribution in [2.75, 3.05) is 13.7 Å². The van der Waals surface area contributed by atoms with Crippen LogP contribution in [0.3, 0.4) is 0 Å². The standard InChI is InChI=1S/C7H15NO/c1-4-5-6-8-7(2)9-3/h8H,2,4-6H2,1,3H3. The summed E-state index contributed by atoms with van der Waals surface area (Å²) in [6, 6.07) is 0. The van der Waals surface area contributed by atoms with Crippen LogP contribution in [0.25, 0.3) is 0 Å². The van der Waals surface area contributed by atoms with Crippen molar-refractivity contribution in [2.45, 2.75) is 19.8 Å². The summed E-state index contributed by atoms with van der Waals surface area (Å²) in [6.45, 7) is 6.72. The van der Waals surface area contributed by atoms with Gasteiger partial charge in [0, 0.05) is 6.54 Å². The van der Waals surface area contributed by atoms with Crippen LogP contribution in [0, 0.1) is 0 Å². The summed E-state index contributed by atoms with van der Waals surface area (Å²) in [5, 5.41) is 3.02. The first-order valence-electron chi connectivity index (χ1n) is 3.28. The van der Waals surface area contributed by atoms with Gasteiger partial charge in [-0.25, -0.2) is 0 Å². The molecule has 0 saturated heterocycles. The van der Waals surface area contributed by atoms with Crippen LogP contribution in [-0.2, 0) is 4.74 Å². The Kier molecular flexibility index (Phi) is 5.07. The largest absolute Gasteiger partial charge is 0.483 e. The van der Waals surface area contributed by atoms with Crippen molar-refractivity contribution in [3.63, 3.8) is 0 Å². The van der Waals surface area contributed by atoms with Crippen LogP contribution in [0.1, 0.15) is 19.8 Å². The third-order valence-electron chi connectivity index (χ3n) is 1.10. The SMILES string of the molecule is C=C(NCCCC)OC. The zero-order valence-electron chi connectivity index (χ0n) is 6.24. The molecule has 0 heterocycles. The molecule has 0 unspecified atom stereocenters. The van der Waals surface area contributed by atoms with E-state index in [-0.39, 0.29) is 0 Å². The van der Waals surface area contributed by atoms with Crippen molar-refractivity contribution < 1.29 is 4.74 Å². The van der Waals surface area contributed by atoms with Gasteiger partial charge in [0.25, 0.3) is 0 Å². The van der Waals surface area contributed by atoms with Crippen molar-refractivity contribution in [2.24, 2.45) is 0 Å². The van der Waals surface area contributed by atoms with E-state index in [4.69, 9.17) is 4.74 Å². The first kappa shape index (κ1) is 8.34. The summed E-state index contributed by atoms with van der Waals surface area (Å²) >= 11 is 0. The molecule has 0 aliphatic carbocycles. The van der Waals surface area contributed by atoms with Gasteiger partial charge in [0.05, 0.1) is 7.11 Å². The summed E-state index contributed by atoms with van der Waals surface area (Å²) < 4.78 is 4.79. The maximum Gasteiger partial charge on any atom is 0.178 e. The van der Waals surface area contributed by atoms with Gasteiger partial charge in [-0.15, -0.1) is 0 Å². The predicted molar refractivity (Wildman–Crippen MR) is 39.1 cm³/mol. The third-order valence-corrected chi connectivity index (χ3v) is 1.10. The predicted octanol–water partition coefficient (Wildman–Crippen LogP) is 1.49. The monoisotopic (exact) mass is 129 g/mol. The van der Waals surface area contributed by atoms with Crippen molar-refractivity contribution in [1.29, 1.82) is 0 Å². The molecule has 0 aliphatic heterocycles. The van der Waals surface area contributed by atoms with Crippen LogP contribution in [0.5, 0.6) is 0 Å². The highest BCUT2D eigenvalue weighted by Gasteiger charge is 1.86. The van der Waals surface area contributed by atoms with Crippen LogP contribution in [0.15, 0.2) is 12.5 Å². The Balaban J connectivity index is 2.97. The first-order valence-corrected chi connectivity index (χ1v) is 3.28. The Morgan fingerprint density at radius 2 is 2.33 bits per heavy atom. The maximum atomic E-state index is 4.79. The maximum absolute atomic E-state index is 4.79. The second-order valence-electron chi connectivity index (χ2n) is 1.91. The lowest BCUT2D eigenvalue weighted by Crippen LogP contribution is -2.14. The summed E-state index contributed by atoms with van der Waals surface area (Å²) in [6.07, 6.45) is 2.37. The summed E-state index contributed by atoms with van der Waals surface area (Å²) in [5.41, 5.74) is 0. The van der Waals surface area contributed by atoms with Crippen LogP contribution in [0.4, 0.5) is 0 Å². The van der Waals surface area contributed by atoms with E-state index in [2.05, 4.69) is 18.8 Å². The van der Waals surface area contributed by atoms with E-state index >= 15 is 0 Å². The number of methoxy groups -OCH3 is 1. The molecule has 1 N–H and O–H groups in total. The number of hydrogen-bond donors (Lipinski definition) is 1. The highest BCUT2D eigenvalue weighted by atomic mass is 16.5. The minimum atomic E-state index is 0.656. The van der Waals surface area contributed by atoms with Crippen molar-refractivity contribution in [3.8, 4) is 0 Å². The van der Waals surface area contributed by atoms with Gasteiger partial charge in [-0.05, 0) is 13.0 Å². The molecule has 2 nitrogen and oxygen atoms in total. The molecule has 2 heteroatoms. The Morgan fingerprint density at radius 1 is 1.67 bits per heavy atom. The quantitative estimate of drug-likeness (QED) is 0.448. The van der Waals surface area contributed by atoms with E-state index in [9.17, 15) is 0 Å². The molecular weight excluding hydrogens is 114 g/mol. The smallest absolute Gasteiger partial charge is 0.178 e. The van der Waals surface area contributed by atoms with Crippen LogP contribution >= 0.6 is 0 Å². The zero-order valence-corrected chi connectivity index (χ0v) is 6.24. The molecule has 0 aromatic carbocycles. The molecule has 0 amide bonds. The molecule has 0 fully saturated rings. The number of rotatable bonds is 5. The van der Waals surface area contributed by atoms with Gasteiger partial charge in [-0.1, -0.05) is 13.3 Å². The molecule has 0 spiro atoms. The second kappa shape index (κ2) is 5.48. The Labute approximate surface area is 56.9 Å². The number of hydrogen-bond acceptors (Lipinski definition) is 2. The Hall–Kier alpha value is -0.660. The molecule has 54 valence electrons. The molecule has 0 radical (unpaired) electrons. The van der Waals surface area contributed by atoms with Crippen LogP contribution in [0.2, 0.25) is 0 Å². The topological polar surface area (TPSA) is 21.3 Å². The average molecular weight is 129 g/mol. The molecule has 0 aliphatic rings. The lowest BCUT2D eigenvalue weighted by Gasteiger charge is -2.05. The molecular formula is C7H15NO. The van der Waals surface area contributed by atoms with E-state index in [0.717, 1.165) is 6.54 Å². The fraction of sp³-hybridized carbons (Fsp3) is 0.714. The fourth-order valence-electron chi connectivity index (χ4n) is 0.477. The molecule has 9 heavy (non-hydrogen) atoms. The molecule has 0 aromatic rings. The number of ether oxygens (including phenoxy) is 1. The normalized spacial score (nSPS) is 8.67. The molecule has 0 rings (SSSR count). The van der Waals surface area contributed by atoms with E-state index in [1.165, 1.54) is 12.8 Å². The highest BCUT2D eigenvalue weighted by Crippen LogP contribution is 1.86. The number of nitrogens with one attached hydrogen (secondary N) is 1. The number of unbranched alkanes of at least 4 members (excludes halogenated alkanes) is 1. The van der Waals surface area contributed by atoms with Gasteiger partial charge in [0.2, 0.25) is 0 Å². The highest BCUT2D eigenvalue weighted by molar-refractivity contribution is 4.76. The lowest BCUT2D eigenvalue weighted by molar-refractivity contribution is 0.263. The molecule has 0 saturated carbocycles. The summed E-state index contributed by atoms with van der Waals surface area (Å²) in [7, 11) is 1.61. The van der Waals surface area contributed by atoms with Crippen molar-refractivity contribution >= 4 is 0 Å². The van der Waals surface area contributed by atoms with E-state index in [1.54, 1.807) is 7.11 Å². The van der Waals surface area contributed by atoms with Gasteiger partial charge in [-0.3, -0.25) is 0 Å². The minimum Gasteiger partial charge on any atom is -0.483 e. The fourth-order valence-corrected chi connectivity index (χ4v) is 0.477. The van der Waals surface area contributed by atoms with Crippen molar-refractivity contribution in [3.05, 3.63) is 12.5 Å². The van der Waals surface area contributed by atoms with E-state index < -0.39 is 0 Å². The first-order chi connectivity index (χ1) is 4.31. The Morgan fingerprint density at radius 3 is 2.78 bits per heavy atom. The van der Waals surface area contributed by atoms with Crippen molar-refractivity contribution in [1.82, 2.24) is 5.32 Å². The van der Waals surface area contributed by atoms with E-state index in [0.29, 0.717) is 5.88 Å². The molecule has 0 atom stereocenters. The molecule has 0 bridgehead atoms. The van der Waals surface area contributed by atoms with Gasteiger partial charge >= 0.3 is 0 Å². The summed E-state index contributed by atoms with van der Waals surface area (Å²) in [4.78, 5) is 0. The van der Waals surface area contributed by atoms with Gasteiger partial charge in [-0.2, -0.15) is 0 Å². The average Bonchev–Trinajstić information content (AvgIpc) is 1.89. The third kappa shape index (κ3) is 5.21. The van der Waals surface area contributed by atoms with Gasteiger partial charge in [0.15, 0.2) is 5.88 Å². The Bertz CT molecular complexity index is 81.0. The molecule has 0 aromatic heterocycles. The zero-order chi connectivity index (χ0) is 7.11.